The zero-order chi connectivity index (χ0) is 6.99. The van der Waals surface area contributed by atoms with Gasteiger partial charge in [0, 0.05) is 0 Å². The molecule has 1 N–H and O–H groups in total. The molecule has 2 heteroatoms. The topological polar surface area (TPSA) is 26.9 Å². The smallest absolute Gasteiger partial charge is 0.245 e. The van der Waals surface area contributed by atoms with Crippen molar-refractivity contribution in [1.29, 1.82) is 5.41 Å². The van der Waals surface area contributed by atoms with Gasteiger partial charge < -0.3 is 0 Å². The maximum atomic E-state index is 6.58. The molecule has 0 spiro atoms. The fourth-order valence-electron chi connectivity index (χ4n) is 0.0745. The van der Waals surface area contributed by atoms with E-state index < -0.39 is 0 Å². The highest BCUT2D eigenvalue weighted by Gasteiger charge is 1.71. The zero-order valence-electron chi connectivity index (χ0n) is 6.10. The summed E-state index contributed by atoms with van der Waals surface area (Å²) in [6.45, 7) is 5.88. The molecule has 8 heavy (non-hydrogen) atoms. The molecule has 0 aromatic heterocycles. The molecule has 0 heterocycles. The van der Waals surface area contributed by atoms with Crippen molar-refractivity contribution in [3.05, 3.63) is 0 Å². The third-order valence-corrected chi connectivity index (χ3v) is 0.611. The minimum absolute atomic E-state index is 1.25. The van der Waals surface area contributed by atoms with Crippen LogP contribution in [0, 0.1) is 5.41 Å². The molecule has 0 unspecified atom stereocenters. The van der Waals surface area contributed by atoms with Gasteiger partial charge in [0.05, 0.1) is 13.3 Å². The first-order chi connectivity index (χ1) is 3.81. The predicted octanol–water partition coefficient (Wildman–Crippen LogP) is 1.35. The van der Waals surface area contributed by atoms with Gasteiger partial charge in [-0.1, -0.05) is 13.8 Å². The van der Waals surface area contributed by atoms with E-state index in [4.69, 9.17) is 5.41 Å². The average Bonchev–Trinajstić information content (AvgIpc) is 1.91. The number of nitrogens with one attached hydrogen (secondary N) is 1. The monoisotopic (exact) mass is 115 g/mol. The van der Waals surface area contributed by atoms with Crippen LogP contribution in [0.25, 0.3) is 0 Å². The lowest BCUT2D eigenvalue weighted by atomic mass is 10.8. The Morgan fingerprint density at radius 1 is 1.38 bits per heavy atom. The summed E-state index contributed by atoms with van der Waals surface area (Å²) in [5.41, 5.74) is 0. The standard InChI is InChI=1S/C4H9N2.C2H6/c1-3-6(2)4-5;1-2/h3-5H,1-2H3;1-2H3/q+1;. The third-order valence-electron chi connectivity index (χ3n) is 0.611. The normalized spacial score (nSPS) is 9.25. The highest BCUT2D eigenvalue weighted by atomic mass is 15.0. The van der Waals surface area contributed by atoms with Crippen molar-refractivity contribution in [3.8, 4) is 0 Å². The summed E-state index contributed by atoms with van der Waals surface area (Å²) in [5.74, 6) is 0. The summed E-state index contributed by atoms with van der Waals surface area (Å²) in [7, 11) is 1.81. The van der Waals surface area contributed by atoms with E-state index in [0.29, 0.717) is 0 Å². The molecular formula is C6H15N2+. The first-order valence-corrected chi connectivity index (χ1v) is 2.83. The lowest BCUT2D eigenvalue weighted by Gasteiger charge is -1.76. The van der Waals surface area contributed by atoms with Gasteiger partial charge in [-0.2, -0.15) is 0 Å². The summed E-state index contributed by atoms with van der Waals surface area (Å²) in [6.07, 6.45) is 3.06. The fourth-order valence-corrected chi connectivity index (χ4v) is 0.0745. The Hall–Kier alpha value is -0.660. The van der Waals surface area contributed by atoms with Crippen LogP contribution in [0.15, 0.2) is 0 Å². The molecule has 0 rings (SSSR count). The minimum atomic E-state index is 1.25. The molecule has 0 aromatic carbocycles. The third kappa shape index (κ3) is 9.02. The van der Waals surface area contributed by atoms with Crippen molar-refractivity contribution in [2.24, 2.45) is 0 Å². The van der Waals surface area contributed by atoms with Gasteiger partial charge in [0.2, 0.25) is 0 Å². The molecule has 0 aliphatic carbocycles. The Morgan fingerprint density at radius 2 is 1.75 bits per heavy atom. The predicted molar refractivity (Wildman–Crippen MR) is 38.1 cm³/mol. The molecule has 0 aliphatic rings. The number of rotatable bonds is 1. The van der Waals surface area contributed by atoms with Gasteiger partial charge >= 0.3 is 0 Å². The summed E-state index contributed by atoms with van der Waals surface area (Å²) in [4.78, 5) is 0. The molecule has 0 saturated heterocycles. The van der Waals surface area contributed by atoms with E-state index in [2.05, 4.69) is 0 Å². The van der Waals surface area contributed by atoms with Crippen LogP contribution in [0.3, 0.4) is 0 Å². The quantitative estimate of drug-likeness (QED) is 0.303. The number of hydrogen-bond acceptors (Lipinski definition) is 1. The van der Waals surface area contributed by atoms with Crippen LogP contribution in [0.5, 0.6) is 0 Å². The molecule has 0 amide bonds. The van der Waals surface area contributed by atoms with Crippen molar-refractivity contribution in [2.45, 2.75) is 20.8 Å². The van der Waals surface area contributed by atoms with Gasteiger partial charge in [0.1, 0.15) is 0 Å². The maximum Gasteiger partial charge on any atom is 0.276 e. The Morgan fingerprint density at radius 3 is 1.75 bits per heavy atom. The Kier molecular flexibility index (Phi) is 12.4. The van der Waals surface area contributed by atoms with Gasteiger partial charge in [-0.15, -0.1) is 5.41 Å². The van der Waals surface area contributed by atoms with Gasteiger partial charge in [0.25, 0.3) is 6.34 Å². The van der Waals surface area contributed by atoms with Crippen LogP contribution in [0.4, 0.5) is 0 Å². The Labute approximate surface area is 51.4 Å². The molecule has 0 aromatic rings. The van der Waals surface area contributed by atoms with Crippen LogP contribution in [0.2, 0.25) is 0 Å². The van der Waals surface area contributed by atoms with Gasteiger partial charge in [0.15, 0.2) is 0 Å². The SMILES string of the molecule is CC.CC=[N+](C)C=N. The lowest BCUT2D eigenvalue weighted by Crippen LogP contribution is -1.99. The number of hydrogen-bond donors (Lipinski definition) is 1. The van der Waals surface area contributed by atoms with Crippen molar-refractivity contribution < 1.29 is 4.58 Å². The van der Waals surface area contributed by atoms with E-state index in [1.54, 1.807) is 4.58 Å². The Balaban J connectivity index is 0. The average molecular weight is 115 g/mol. The van der Waals surface area contributed by atoms with Crippen molar-refractivity contribution in [1.82, 2.24) is 0 Å². The molecular weight excluding hydrogens is 100 g/mol. The van der Waals surface area contributed by atoms with Crippen molar-refractivity contribution in [2.75, 3.05) is 7.05 Å². The Bertz CT molecular complexity index is 74.6. The molecule has 0 radical (unpaired) electrons. The van der Waals surface area contributed by atoms with Crippen LogP contribution < -0.4 is 0 Å². The molecule has 0 fully saturated rings. The van der Waals surface area contributed by atoms with E-state index in [0.717, 1.165) is 0 Å². The van der Waals surface area contributed by atoms with E-state index in [1.807, 2.05) is 34.0 Å². The second-order valence-corrected chi connectivity index (χ2v) is 1.05. The first kappa shape index (κ1) is 10.3. The highest BCUT2D eigenvalue weighted by Crippen LogP contribution is 1.48. The van der Waals surface area contributed by atoms with E-state index in [9.17, 15) is 0 Å². The maximum absolute atomic E-state index is 6.58. The second-order valence-electron chi connectivity index (χ2n) is 1.05. The molecule has 0 atom stereocenters. The summed E-state index contributed by atoms with van der Waals surface area (Å²) < 4.78 is 1.67. The van der Waals surface area contributed by atoms with Crippen molar-refractivity contribution in [3.63, 3.8) is 0 Å². The minimum Gasteiger partial charge on any atom is -0.245 e. The van der Waals surface area contributed by atoms with E-state index >= 15 is 0 Å². The van der Waals surface area contributed by atoms with Crippen LogP contribution in [-0.2, 0) is 0 Å². The van der Waals surface area contributed by atoms with Crippen LogP contribution in [-0.4, -0.2) is 24.2 Å². The van der Waals surface area contributed by atoms with Crippen molar-refractivity contribution >= 4 is 12.6 Å². The summed E-state index contributed by atoms with van der Waals surface area (Å²) in [6, 6.07) is 0. The first-order valence-electron chi connectivity index (χ1n) is 2.83. The molecule has 48 valence electrons. The molecule has 0 bridgehead atoms. The zero-order valence-corrected chi connectivity index (χ0v) is 6.10. The van der Waals surface area contributed by atoms with Gasteiger partial charge in [-0.05, 0) is 6.92 Å². The van der Waals surface area contributed by atoms with E-state index in [-0.39, 0.29) is 0 Å². The highest BCUT2D eigenvalue weighted by molar-refractivity contribution is 5.54. The van der Waals surface area contributed by atoms with Gasteiger partial charge in [-0.25, -0.2) is 4.58 Å². The molecule has 0 saturated carbocycles. The second kappa shape index (κ2) is 9.60. The van der Waals surface area contributed by atoms with E-state index in [1.165, 1.54) is 6.34 Å². The number of nitrogens with zero attached hydrogens (tertiary/aromatic N) is 1. The lowest BCUT2D eigenvalue weighted by molar-refractivity contribution is -0.356. The van der Waals surface area contributed by atoms with Gasteiger partial charge in [-0.3, -0.25) is 0 Å². The van der Waals surface area contributed by atoms with Crippen LogP contribution >= 0.6 is 0 Å². The summed E-state index contributed by atoms with van der Waals surface area (Å²) >= 11 is 0. The van der Waals surface area contributed by atoms with Crippen LogP contribution in [0.1, 0.15) is 20.8 Å². The fraction of sp³-hybridized carbons (Fsp3) is 0.667. The summed E-state index contributed by atoms with van der Waals surface area (Å²) in [5, 5.41) is 6.58. The molecule has 0 aliphatic heterocycles. The molecule has 2 nitrogen and oxygen atoms in total. The largest absolute Gasteiger partial charge is 0.276 e.